The zero-order chi connectivity index (χ0) is 11.7. The molecule has 2 aromatic heterocycles. The first-order valence-corrected chi connectivity index (χ1v) is 5.82. The summed E-state index contributed by atoms with van der Waals surface area (Å²) >= 11 is 0. The van der Waals surface area contributed by atoms with Crippen LogP contribution in [0.5, 0.6) is 0 Å². The standard InChI is InChI=1S/C12H14N4O/c1-8-2-7-14-10(8)12-15-11(16-17-12)9-3-5-13-6-4-9/h3-6,8,10,14H,2,7H2,1H3. The van der Waals surface area contributed by atoms with Crippen molar-refractivity contribution in [2.24, 2.45) is 5.92 Å². The van der Waals surface area contributed by atoms with Crippen molar-refractivity contribution in [3.63, 3.8) is 0 Å². The first-order chi connectivity index (χ1) is 8.34. The summed E-state index contributed by atoms with van der Waals surface area (Å²) in [4.78, 5) is 8.41. The van der Waals surface area contributed by atoms with Crippen molar-refractivity contribution in [1.82, 2.24) is 20.4 Å². The SMILES string of the molecule is CC1CCNC1c1nc(-c2ccncc2)no1. The fraction of sp³-hybridized carbons (Fsp3) is 0.417. The molecule has 3 heterocycles. The quantitative estimate of drug-likeness (QED) is 0.852. The summed E-state index contributed by atoms with van der Waals surface area (Å²) in [5.41, 5.74) is 0.931. The Balaban J connectivity index is 1.88. The Morgan fingerprint density at radius 3 is 2.88 bits per heavy atom. The Labute approximate surface area is 99.3 Å². The van der Waals surface area contributed by atoms with Crippen LogP contribution in [-0.2, 0) is 0 Å². The third kappa shape index (κ3) is 1.93. The van der Waals surface area contributed by atoms with E-state index in [1.165, 1.54) is 0 Å². The van der Waals surface area contributed by atoms with Crippen LogP contribution in [0.1, 0.15) is 25.3 Å². The molecule has 1 aliphatic heterocycles. The van der Waals surface area contributed by atoms with E-state index in [0.717, 1.165) is 18.5 Å². The summed E-state index contributed by atoms with van der Waals surface area (Å²) in [6.07, 6.45) is 4.60. The molecule has 1 fully saturated rings. The lowest BCUT2D eigenvalue weighted by molar-refractivity contribution is 0.319. The molecular formula is C12H14N4O. The molecule has 0 aromatic carbocycles. The minimum atomic E-state index is 0.193. The molecule has 0 amide bonds. The lowest BCUT2D eigenvalue weighted by Crippen LogP contribution is -2.16. The van der Waals surface area contributed by atoms with Gasteiger partial charge in [-0.1, -0.05) is 12.1 Å². The summed E-state index contributed by atoms with van der Waals surface area (Å²) in [7, 11) is 0. The van der Waals surface area contributed by atoms with E-state index in [4.69, 9.17) is 4.52 Å². The third-order valence-electron chi connectivity index (χ3n) is 3.18. The summed E-state index contributed by atoms with van der Waals surface area (Å²) in [5.74, 6) is 1.85. The monoisotopic (exact) mass is 230 g/mol. The van der Waals surface area contributed by atoms with E-state index < -0.39 is 0 Å². The number of nitrogens with zero attached hydrogens (tertiary/aromatic N) is 3. The number of hydrogen-bond acceptors (Lipinski definition) is 5. The molecule has 1 saturated heterocycles. The molecule has 0 spiro atoms. The molecular weight excluding hydrogens is 216 g/mol. The maximum Gasteiger partial charge on any atom is 0.244 e. The highest BCUT2D eigenvalue weighted by Gasteiger charge is 2.29. The van der Waals surface area contributed by atoms with Gasteiger partial charge in [0.15, 0.2) is 0 Å². The number of aromatic nitrogens is 3. The van der Waals surface area contributed by atoms with Gasteiger partial charge in [0.2, 0.25) is 11.7 Å². The van der Waals surface area contributed by atoms with Gasteiger partial charge < -0.3 is 9.84 Å². The van der Waals surface area contributed by atoms with Crippen LogP contribution >= 0.6 is 0 Å². The van der Waals surface area contributed by atoms with Crippen LogP contribution in [0.15, 0.2) is 29.0 Å². The minimum Gasteiger partial charge on any atom is -0.337 e. The number of hydrogen-bond donors (Lipinski definition) is 1. The molecule has 2 atom stereocenters. The zero-order valence-corrected chi connectivity index (χ0v) is 9.63. The second-order valence-corrected chi connectivity index (χ2v) is 4.39. The van der Waals surface area contributed by atoms with E-state index in [9.17, 15) is 0 Å². The Bertz CT molecular complexity index is 496. The summed E-state index contributed by atoms with van der Waals surface area (Å²) < 4.78 is 5.33. The molecule has 3 rings (SSSR count). The first-order valence-electron chi connectivity index (χ1n) is 5.82. The van der Waals surface area contributed by atoms with Gasteiger partial charge in [-0.05, 0) is 31.0 Å². The predicted octanol–water partition coefficient (Wildman–Crippen LogP) is 1.80. The highest BCUT2D eigenvalue weighted by molar-refractivity contribution is 5.52. The molecule has 0 aliphatic carbocycles. The number of pyridine rings is 1. The van der Waals surface area contributed by atoms with Crippen LogP contribution in [0.2, 0.25) is 0 Å². The van der Waals surface area contributed by atoms with Crippen LogP contribution in [0.25, 0.3) is 11.4 Å². The second kappa shape index (κ2) is 4.25. The average molecular weight is 230 g/mol. The fourth-order valence-corrected chi connectivity index (χ4v) is 2.14. The molecule has 5 heteroatoms. The third-order valence-corrected chi connectivity index (χ3v) is 3.18. The predicted molar refractivity (Wildman–Crippen MR) is 62.1 cm³/mol. The largest absolute Gasteiger partial charge is 0.337 e. The highest BCUT2D eigenvalue weighted by Crippen LogP contribution is 2.28. The molecule has 1 aliphatic rings. The maximum atomic E-state index is 5.33. The van der Waals surface area contributed by atoms with Crippen LogP contribution in [-0.4, -0.2) is 21.7 Å². The average Bonchev–Trinajstić information content (AvgIpc) is 2.98. The van der Waals surface area contributed by atoms with Gasteiger partial charge in [-0.2, -0.15) is 4.98 Å². The van der Waals surface area contributed by atoms with Gasteiger partial charge in [0, 0.05) is 18.0 Å². The van der Waals surface area contributed by atoms with Gasteiger partial charge in [-0.3, -0.25) is 4.98 Å². The number of rotatable bonds is 2. The van der Waals surface area contributed by atoms with E-state index in [2.05, 4.69) is 27.4 Å². The normalized spacial score (nSPS) is 24.1. The van der Waals surface area contributed by atoms with Crippen LogP contribution in [0, 0.1) is 5.92 Å². The van der Waals surface area contributed by atoms with E-state index in [1.54, 1.807) is 12.4 Å². The van der Waals surface area contributed by atoms with E-state index in [-0.39, 0.29) is 6.04 Å². The molecule has 2 aromatic rings. The molecule has 88 valence electrons. The summed E-state index contributed by atoms with van der Waals surface area (Å²) in [6.45, 7) is 3.21. The fourth-order valence-electron chi connectivity index (χ4n) is 2.14. The van der Waals surface area contributed by atoms with Gasteiger partial charge in [-0.25, -0.2) is 0 Å². The van der Waals surface area contributed by atoms with Crippen molar-refractivity contribution in [2.45, 2.75) is 19.4 Å². The Kier molecular flexibility index (Phi) is 2.60. The van der Waals surface area contributed by atoms with Crippen molar-refractivity contribution in [1.29, 1.82) is 0 Å². The van der Waals surface area contributed by atoms with Gasteiger partial charge in [0.1, 0.15) is 0 Å². The van der Waals surface area contributed by atoms with Crippen molar-refractivity contribution < 1.29 is 4.52 Å². The smallest absolute Gasteiger partial charge is 0.244 e. The summed E-state index contributed by atoms with van der Waals surface area (Å²) in [6, 6.07) is 3.94. The van der Waals surface area contributed by atoms with E-state index in [0.29, 0.717) is 17.6 Å². The second-order valence-electron chi connectivity index (χ2n) is 4.39. The van der Waals surface area contributed by atoms with Crippen LogP contribution in [0.4, 0.5) is 0 Å². The lowest BCUT2D eigenvalue weighted by Gasteiger charge is -2.09. The van der Waals surface area contributed by atoms with Gasteiger partial charge in [0.25, 0.3) is 0 Å². The Hall–Kier alpha value is -1.75. The highest BCUT2D eigenvalue weighted by atomic mass is 16.5. The first kappa shape index (κ1) is 10.4. The topological polar surface area (TPSA) is 63.8 Å². The van der Waals surface area contributed by atoms with Crippen molar-refractivity contribution in [3.05, 3.63) is 30.4 Å². The molecule has 17 heavy (non-hydrogen) atoms. The van der Waals surface area contributed by atoms with E-state index in [1.807, 2.05) is 12.1 Å². The Morgan fingerprint density at radius 1 is 1.35 bits per heavy atom. The molecule has 2 unspecified atom stereocenters. The maximum absolute atomic E-state index is 5.33. The molecule has 1 N–H and O–H groups in total. The van der Waals surface area contributed by atoms with Crippen molar-refractivity contribution >= 4 is 0 Å². The molecule has 5 nitrogen and oxygen atoms in total. The zero-order valence-electron chi connectivity index (χ0n) is 9.63. The van der Waals surface area contributed by atoms with Gasteiger partial charge >= 0.3 is 0 Å². The summed E-state index contributed by atoms with van der Waals surface area (Å²) in [5, 5.41) is 7.39. The Morgan fingerprint density at radius 2 is 2.18 bits per heavy atom. The lowest BCUT2D eigenvalue weighted by atomic mass is 10.0. The van der Waals surface area contributed by atoms with Crippen LogP contribution < -0.4 is 5.32 Å². The van der Waals surface area contributed by atoms with Gasteiger partial charge in [-0.15, -0.1) is 0 Å². The van der Waals surface area contributed by atoms with E-state index >= 15 is 0 Å². The number of nitrogens with one attached hydrogen (secondary N) is 1. The van der Waals surface area contributed by atoms with Crippen molar-refractivity contribution in [3.8, 4) is 11.4 Å². The van der Waals surface area contributed by atoms with Gasteiger partial charge in [0.05, 0.1) is 6.04 Å². The molecule has 0 saturated carbocycles. The molecule has 0 radical (unpaired) electrons. The van der Waals surface area contributed by atoms with Crippen molar-refractivity contribution in [2.75, 3.05) is 6.54 Å². The minimum absolute atomic E-state index is 0.193. The van der Waals surface area contributed by atoms with Crippen LogP contribution in [0.3, 0.4) is 0 Å². The molecule has 0 bridgehead atoms.